The summed E-state index contributed by atoms with van der Waals surface area (Å²) in [7, 11) is 1.87. The quantitative estimate of drug-likeness (QED) is 0.753. The number of nitrogens with zero attached hydrogens (tertiary/aromatic N) is 1. The number of hydrogen-bond acceptors (Lipinski definition) is 2. The van der Waals surface area contributed by atoms with Gasteiger partial charge in [0.05, 0.1) is 0 Å². The minimum atomic E-state index is 0.140. The lowest BCUT2D eigenvalue weighted by atomic mass is 9.72. The lowest BCUT2D eigenvalue weighted by Gasteiger charge is -2.37. The maximum Gasteiger partial charge on any atom is 0.225 e. The Hall–Kier alpha value is -0.570. The summed E-state index contributed by atoms with van der Waals surface area (Å²) in [5, 5.41) is 0. The van der Waals surface area contributed by atoms with E-state index < -0.39 is 0 Å². The first-order chi connectivity index (χ1) is 6.97. The van der Waals surface area contributed by atoms with Crippen LogP contribution in [0, 0.1) is 17.8 Å². The topological polar surface area (TPSA) is 46.3 Å². The first-order valence-electron chi connectivity index (χ1n) is 5.97. The molecule has 0 saturated heterocycles. The summed E-state index contributed by atoms with van der Waals surface area (Å²) in [6, 6.07) is 0.195. The number of hydrogen-bond donors (Lipinski definition) is 1. The van der Waals surface area contributed by atoms with Gasteiger partial charge >= 0.3 is 0 Å². The molecule has 4 atom stereocenters. The Morgan fingerprint density at radius 3 is 2.47 bits per heavy atom. The maximum atomic E-state index is 12.1. The van der Waals surface area contributed by atoms with Crippen molar-refractivity contribution in [1.82, 2.24) is 4.90 Å². The Bertz CT molecular complexity index is 230. The summed E-state index contributed by atoms with van der Waals surface area (Å²) in [4.78, 5) is 13.9. The van der Waals surface area contributed by atoms with E-state index in [2.05, 4.69) is 13.8 Å². The van der Waals surface area contributed by atoms with Gasteiger partial charge in [0.25, 0.3) is 0 Å². The number of carbonyl (C=O) groups is 1. The van der Waals surface area contributed by atoms with Gasteiger partial charge in [0.2, 0.25) is 5.91 Å². The Morgan fingerprint density at radius 2 is 1.93 bits per heavy atom. The molecule has 1 aliphatic rings. The molecule has 15 heavy (non-hydrogen) atoms. The minimum Gasteiger partial charge on any atom is -0.346 e. The zero-order chi connectivity index (χ0) is 11.6. The Labute approximate surface area is 93.0 Å². The van der Waals surface area contributed by atoms with E-state index in [-0.39, 0.29) is 17.9 Å². The van der Waals surface area contributed by atoms with Gasteiger partial charge in [0.15, 0.2) is 0 Å². The summed E-state index contributed by atoms with van der Waals surface area (Å²) in [6.07, 6.45) is 1.93. The second kappa shape index (κ2) is 4.97. The fraction of sp³-hybridized carbons (Fsp3) is 0.917. The zero-order valence-electron chi connectivity index (χ0n) is 10.4. The van der Waals surface area contributed by atoms with Crippen LogP contribution in [0.1, 0.15) is 33.6 Å². The van der Waals surface area contributed by atoms with Crippen LogP contribution in [0.3, 0.4) is 0 Å². The molecule has 4 unspecified atom stereocenters. The van der Waals surface area contributed by atoms with E-state index in [9.17, 15) is 4.79 Å². The van der Waals surface area contributed by atoms with Crippen molar-refractivity contribution < 1.29 is 4.79 Å². The van der Waals surface area contributed by atoms with Crippen molar-refractivity contribution in [1.29, 1.82) is 0 Å². The first-order valence-corrected chi connectivity index (χ1v) is 5.97. The molecular weight excluding hydrogens is 188 g/mol. The third-order valence-corrected chi connectivity index (χ3v) is 3.86. The number of nitrogens with two attached hydrogens (primary N) is 1. The molecule has 1 amide bonds. The van der Waals surface area contributed by atoms with Crippen LogP contribution in [0.15, 0.2) is 0 Å². The van der Waals surface area contributed by atoms with Crippen LogP contribution in [0.5, 0.6) is 0 Å². The standard InChI is InChI=1S/C12H24N2O/c1-5-14(4)12(15)10-7-11(13)9(3)6-8(10)2/h8-11H,5-7,13H2,1-4H3. The first kappa shape index (κ1) is 12.5. The normalized spacial score (nSPS) is 36.3. The van der Waals surface area contributed by atoms with Crippen LogP contribution in [0.4, 0.5) is 0 Å². The van der Waals surface area contributed by atoms with Gasteiger partial charge in [0.1, 0.15) is 0 Å². The third-order valence-electron chi connectivity index (χ3n) is 3.86. The monoisotopic (exact) mass is 212 g/mol. The molecule has 1 saturated carbocycles. The summed E-state index contributed by atoms with van der Waals surface area (Å²) in [5.74, 6) is 1.44. The second-order valence-electron chi connectivity index (χ2n) is 5.05. The summed E-state index contributed by atoms with van der Waals surface area (Å²) < 4.78 is 0. The zero-order valence-corrected chi connectivity index (χ0v) is 10.4. The molecule has 0 aromatic heterocycles. The highest BCUT2D eigenvalue weighted by Crippen LogP contribution is 2.33. The highest BCUT2D eigenvalue weighted by molar-refractivity contribution is 5.79. The average Bonchev–Trinajstić information content (AvgIpc) is 2.21. The largest absolute Gasteiger partial charge is 0.346 e. The van der Waals surface area contributed by atoms with Gasteiger partial charge in [-0.15, -0.1) is 0 Å². The smallest absolute Gasteiger partial charge is 0.225 e. The van der Waals surface area contributed by atoms with E-state index in [1.165, 1.54) is 0 Å². The van der Waals surface area contributed by atoms with E-state index in [1.54, 1.807) is 0 Å². The van der Waals surface area contributed by atoms with E-state index in [1.807, 2.05) is 18.9 Å². The van der Waals surface area contributed by atoms with Crippen molar-refractivity contribution in [2.45, 2.75) is 39.7 Å². The van der Waals surface area contributed by atoms with Crippen LogP contribution >= 0.6 is 0 Å². The highest BCUT2D eigenvalue weighted by Gasteiger charge is 2.35. The maximum absolute atomic E-state index is 12.1. The predicted octanol–water partition coefficient (Wildman–Crippen LogP) is 1.47. The molecule has 0 bridgehead atoms. The molecule has 0 spiro atoms. The van der Waals surface area contributed by atoms with Gasteiger partial charge in [0, 0.05) is 25.6 Å². The van der Waals surface area contributed by atoms with Crippen LogP contribution in [-0.4, -0.2) is 30.4 Å². The van der Waals surface area contributed by atoms with Crippen LogP contribution in [0.2, 0.25) is 0 Å². The number of amides is 1. The molecular formula is C12H24N2O. The Balaban J connectivity index is 2.65. The van der Waals surface area contributed by atoms with Crippen LogP contribution < -0.4 is 5.73 Å². The fourth-order valence-electron chi connectivity index (χ4n) is 2.47. The van der Waals surface area contributed by atoms with Crippen molar-refractivity contribution in [3.8, 4) is 0 Å². The lowest BCUT2D eigenvalue weighted by molar-refractivity contribution is -0.137. The van der Waals surface area contributed by atoms with Gasteiger partial charge in [-0.3, -0.25) is 4.79 Å². The SMILES string of the molecule is CCN(C)C(=O)C1CC(N)C(C)CC1C. The molecule has 0 heterocycles. The number of rotatable bonds is 2. The minimum absolute atomic E-state index is 0.140. The van der Waals surface area contributed by atoms with E-state index in [4.69, 9.17) is 5.73 Å². The van der Waals surface area contributed by atoms with Crippen molar-refractivity contribution in [3.63, 3.8) is 0 Å². The van der Waals surface area contributed by atoms with Gasteiger partial charge in [-0.2, -0.15) is 0 Å². The van der Waals surface area contributed by atoms with E-state index in [0.29, 0.717) is 11.8 Å². The highest BCUT2D eigenvalue weighted by atomic mass is 16.2. The number of carbonyl (C=O) groups excluding carboxylic acids is 1. The molecule has 0 aliphatic heterocycles. The molecule has 1 rings (SSSR count). The Kier molecular flexibility index (Phi) is 4.14. The summed E-state index contributed by atoms with van der Waals surface area (Å²) in [6.45, 7) is 7.15. The fourth-order valence-corrected chi connectivity index (χ4v) is 2.47. The van der Waals surface area contributed by atoms with E-state index >= 15 is 0 Å². The second-order valence-corrected chi connectivity index (χ2v) is 5.05. The Morgan fingerprint density at radius 1 is 1.33 bits per heavy atom. The molecule has 3 nitrogen and oxygen atoms in total. The molecule has 3 heteroatoms. The molecule has 1 fully saturated rings. The van der Waals surface area contributed by atoms with Crippen molar-refractivity contribution >= 4 is 5.91 Å². The van der Waals surface area contributed by atoms with Gasteiger partial charge < -0.3 is 10.6 Å². The summed E-state index contributed by atoms with van der Waals surface area (Å²) in [5.41, 5.74) is 6.04. The summed E-state index contributed by atoms with van der Waals surface area (Å²) >= 11 is 0. The molecule has 0 radical (unpaired) electrons. The van der Waals surface area contributed by atoms with Gasteiger partial charge in [-0.25, -0.2) is 0 Å². The lowest BCUT2D eigenvalue weighted by Crippen LogP contribution is -2.45. The molecule has 0 aromatic rings. The van der Waals surface area contributed by atoms with Gasteiger partial charge in [-0.05, 0) is 31.6 Å². The van der Waals surface area contributed by atoms with Crippen molar-refractivity contribution in [3.05, 3.63) is 0 Å². The predicted molar refractivity (Wildman–Crippen MR) is 62.3 cm³/mol. The average molecular weight is 212 g/mol. The van der Waals surface area contributed by atoms with E-state index in [0.717, 1.165) is 19.4 Å². The third kappa shape index (κ3) is 2.71. The van der Waals surface area contributed by atoms with Gasteiger partial charge in [-0.1, -0.05) is 13.8 Å². The molecule has 88 valence electrons. The molecule has 0 aromatic carbocycles. The molecule has 1 aliphatic carbocycles. The van der Waals surface area contributed by atoms with Crippen LogP contribution in [-0.2, 0) is 4.79 Å². The molecule has 2 N–H and O–H groups in total. The van der Waals surface area contributed by atoms with Crippen molar-refractivity contribution in [2.24, 2.45) is 23.5 Å². The van der Waals surface area contributed by atoms with Crippen molar-refractivity contribution in [2.75, 3.05) is 13.6 Å². The van der Waals surface area contributed by atoms with Crippen LogP contribution in [0.25, 0.3) is 0 Å².